The Bertz CT molecular complexity index is 799. The van der Waals surface area contributed by atoms with Crippen molar-refractivity contribution in [3.8, 4) is 5.75 Å². The van der Waals surface area contributed by atoms with Gasteiger partial charge < -0.3 is 25.1 Å². The van der Waals surface area contributed by atoms with Crippen molar-refractivity contribution >= 4 is 22.6 Å². The van der Waals surface area contributed by atoms with Crippen LogP contribution in [0.15, 0.2) is 29.2 Å². The average molecular weight is 346 g/mol. The van der Waals surface area contributed by atoms with Gasteiger partial charge in [0.25, 0.3) is 0 Å². The first-order chi connectivity index (χ1) is 12.2. The molecular formula is C17H22N4O4. The van der Waals surface area contributed by atoms with Crippen molar-refractivity contribution in [3.63, 3.8) is 0 Å². The Hall–Kier alpha value is -2.58. The molecule has 1 fully saturated rings. The quantitative estimate of drug-likeness (QED) is 0.750. The third-order valence-corrected chi connectivity index (χ3v) is 4.15. The molecule has 0 aliphatic carbocycles. The highest BCUT2D eigenvalue weighted by molar-refractivity contribution is 5.92. The van der Waals surface area contributed by atoms with Crippen LogP contribution in [0.2, 0.25) is 0 Å². The Morgan fingerprint density at radius 3 is 2.92 bits per heavy atom. The number of hydrogen-bond donors (Lipinski definition) is 3. The van der Waals surface area contributed by atoms with Gasteiger partial charge in [-0.1, -0.05) is 0 Å². The Labute approximate surface area is 145 Å². The summed E-state index contributed by atoms with van der Waals surface area (Å²) in [6.07, 6.45) is 1.49. The third-order valence-electron chi connectivity index (χ3n) is 4.15. The van der Waals surface area contributed by atoms with E-state index >= 15 is 0 Å². The van der Waals surface area contributed by atoms with Crippen LogP contribution in [-0.2, 0) is 4.74 Å². The Kier molecular flexibility index (Phi) is 5.52. The lowest BCUT2D eigenvalue weighted by Crippen LogP contribution is -2.42. The van der Waals surface area contributed by atoms with E-state index in [9.17, 15) is 9.59 Å². The minimum Gasteiger partial charge on any atom is -0.497 e. The molecule has 1 saturated heterocycles. The fourth-order valence-corrected chi connectivity index (χ4v) is 2.74. The minimum atomic E-state index is -0.397. The Morgan fingerprint density at radius 2 is 2.16 bits per heavy atom. The molecule has 1 aromatic heterocycles. The number of anilines is 1. The number of methoxy groups -OCH3 is 1. The predicted molar refractivity (Wildman–Crippen MR) is 95.4 cm³/mol. The van der Waals surface area contributed by atoms with E-state index in [0.29, 0.717) is 23.2 Å². The van der Waals surface area contributed by atoms with Gasteiger partial charge in [0.2, 0.25) is 5.43 Å². The Morgan fingerprint density at radius 1 is 1.36 bits per heavy atom. The van der Waals surface area contributed by atoms with Gasteiger partial charge in [-0.05, 0) is 12.1 Å². The van der Waals surface area contributed by atoms with E-state index in [1.54, 1.807) is 25.3 Å². The lowest BCUT2D eigenvalue weighted by atomic mass is 10.2. The van der Waals surface area contributed by atoms with Gasteiger partial charge in [0.05, 0.1) is 25.8 Å². The van der Waals surface area contributed by atoms with Gasteiger partial charge in [-0.15, -0.1) is 0 Å². The van der Waals surface area contributed by atoms with Crippen LogP contribution >= 0.6 is 0 Å². The van der Waals surface area contributed by atoms with Gasteiger partial charge in [0, 0.05) is 43.8 Å². The second-order valence-corrected chi connectivity index (χ2v) is 5.78. The summed E-state index contributed by atoms with van der Waals surface area (Å²) in [4.78, 5) is 29.7. The number of urea groups is 1. The van der Waals surface area contributed by atoms with Crippen LogP contribution in [0.5, 0.6) is 5.75 Å². The number of pyridine rings is 1. The SMILES string of the molecule is COc1ccc2c(=O)c(NC(=O)NCCN3CCOCC3)c[nH]c2c1. The molecule has 0 bridgehead atoms. The van der Waals surface area contributed by atoms with Crippen molar-refractivity contribution in [1.29, 1.82) is 0 Å². The number of nitrogens with zero attached hydrogens (tertiary/aromatic N) is 1. The molecule has 0 atom stereocenters. The van der Waals surface area contributed by atoms with Crippen LogP contribution in [0, 0.1) is 0 Å². The maximum atomic E-state index is 12.5. The molecule has 0 spiro atoms. The molecule has 134 valence electrons. The summed E-state index contributed by atoms with van der Waals surface area (Å²) in [5.74, 6) is 0.657. The second kappa shape index (κ2) is 8.00. The molecule has 8 nitrogen and oxygen atoms in total. The van der Waals surface area contributed by atoms with Crippen LogP contribution in [-0.4, -0.2) is 62.4 Å². The van der Waals surface area contributed by atoms with E-state index in [2.05, 4.69) is 20.5 Å². The highest BCUT2D eigenvalue weighted by atomic mass is 16.5. The zero-order valence-electron chi connectivity index (χ0n) is 14.1. The summed E-state index contributed by atoms with van der Waals surface area (Å²) in [6.45, 7) is 4.46. The van der Waals surface area contributed by atoms with Gasteiger partial charge in [-0.25, -0.2) is 4.79 Å². The van der Waals surface area contributed by atoms with E-state index in [0.717, 1.165) is 32.8 Å². The largest absolute Gasteiger partial charge is 0.497 e. The molecule has 3 N–H and O–H groups in total. The number of benzene rings is 1. The second-order valence-electron chi connectivity index (χ2n) is 5.78. The number of aromatic nitrogens is 1. The van der Waals surface area contributed by atoms with Crippen molar-refractivity contribution < 1.29 is 14.3 Å². The van der Waals surface area contributed by atoms with E-state index in [1.165, 1.54) is 6.20 Å². The predicted octanol–water partition coefficient (Wildman–Crippen LogP) is 0.990. The normalized spacial score (nSPS) is 15.1. The third kappa shape index (κ3) is 4.28. The summed E-state index contributed by atoms with van der Waals surface area (Å²) < 4.78 is 10.4. The minimum absolute atomic E-state index is 0.210. The highest BCUT2D eigenvalue weighted by Gasteiger charge is 2.11. The summed E-state index contributed by atoms with van der Waals surface area (Å²) >= 11 is 0. The molecular weight excluding hydrogens is 324 g/mol. The molecule has 3 rings (SSSR count). The fourth-order valence-electron chi connectivity index (χ4n) is 2.74. The number of ether oxygens (including phenoxy) is 2. The number of amides is 2. The molecule has 2 aromatic rings. The molecule has 2 heterocycles. The monoisotopic (exact) mass is 346 g/mol. The van der Waals surface area contributed by atoms with E-state index in [4.69, 9.17) is 9.47 Å². The van der Waals surface area contributed by atoms with Crippen molar-refractivity contribution in [1.82, 2.24) is 15.2 Å². The van der Waals surface area contributed by atoms with Crippen LogP contribution in [0.4, 0.5) is 10.5 Å². The summed E-state index contributed by atoms with van der Waals surface area (Å²) in [5, 5.41) is 5.86. The lowest BCUT2D eigenvalue weighted by Gasteiger charge is -2.26. The van der Waals surface area contributed by atoms with Crippen LogP contribution in [0.3, 0.4) is 0 Å². The molecule has 0 unspecified atom stereocenters. The maximum absolute atomic E-state index is 12.5. The van der Waals surface area contributed by atoms with Gasteiger partial charge in [0.1, 0.15) is 11.4 Å². The lowest BCUT2D eigenvalue weighted by molar-refractivity contribution is 0.0388. The molecule has 2 amide bonds. The van der Waals surface area contributed by atoms with Gasteiger partial charge in [-0.2, -0.15) is 0 Å². The Balaban J connectivity index is 1.59. The van der Waals surface area contributed by atoms with Crippen LogP contribution in [0.1, 0.15) is 0 Å². The van der Waals surface area contributed by atoms with Gasteiger partial charge in [-0.3, -0.25) is 9.69 Å². The molecule has 1 aliphatic rings. The number of rotatable bonds is 5. The number of aromatic amines is 1. The average Bonchev–Trinajstić information content (AvgIpc) is 2.64. The summed E-state index contributed by atoms with van der Waals surface area (Å²) in [6, 6.07) is 4.73. The summed E-state index contributed by atoms with van der Waals surface area (Å²) in [7, 11) is 1.57. The topological polar surface area (TPSA) is 95.7 Å². The first-order valence-corrected chi connectivity index (χ1v) is 8.22. The molecule has 0 radical (unpaired) electrons. The first-order valence-electron chi connectivity index (χ1n) is 8.22. The van der Waals surface area contributed by atoms with Crippen molar-refractivity contribution in [3.05, 3.63) is 34.6 Å². The number of nitrogens with one attached hydrogen (secondary N) is 3. The van der Waals surface area contributed by atoms with E-state index in [1.807, 2.05) is 0 Å². The standard InChI is InChI=1S/C17H22N4O4/c1-24-12-2-3-13-14(10-12)19-11-15(16(13)22)20-17(23)18-4-5-21-6-8-25-9-7-21/h2-3,10-11H,4-9H2,1H3,(H,19,22)(H2,18,20,23). The number of hydrogen-bond acceptors (Lipinski definition) is 5. The maximum Gasteiger partial charge on any atom is 0.319 e. The zero-order chi connectivity index (χ0) is 17.6. The summed E-state index contributed by atoms with van der Waals surface area (Å²) in [5.41, 5.74) is 0.629. The van der Waals surface area contributed by atoms with Crippen molar-refractivity contribution in [2.45, 2.75) is 0 Å². The molecule has 1 aliphatic heterocycles. The molecule has 0 saturated carbocycles. The van der Waals surface area contributed by atoms with Crippen molar-refractivity contribution in [2.75, 3.05) is 51.8 Å². The van der Waals surface area contributed by atoms with Gasteiger partial charge in [0.15, 0.2) is 0 Å². The molecule has 8 heteroatoms. The van der Waals surface area contributed by atoms with Gasteiger partial charge >= 0.3 is 6.03 Å². The zero-order valence-corrected chi connectivity index (χ0v) is 14.1. The van der Waals surface area contributed by atoms with Crippen LogP contribution < -0.4 is 20.8 Å². The van der Waals surface area contributed by atoms with E-state index < -0.39 is 6.03 Å². The fraction of sp³-hybridized carbons (Fsp3) is 0.412. The number of carbonyl (C=O) groups is 1. The molecule has 25 heavy (non-hydrogen) atoms. The smallest absolute Gasteiger partial charge is 0.319 e. The molecule has 1 aromatic carbocycles. The number of fused-ring (bicyclic) bond motifs is 1. The van der Waals surface area contributed by atoms with Crippen molar-refractivity contribution in [2.24, 2.45) is 0 Å². The number of carbonyl (C=O) groups excluding carboxylic acids is 1. The van der Waals surface area contributed by atoms with Crippen LogP contribution in [0.25, 0.3) is 10.9 Å². The van der Waals surface area contributed by atoms with E-state index in [-0.39, 0.29) is 11.1 Å². The first kappa shape index (κ1) is 17.2. The number of morpholine rings is 1. The highest BCUT2D eigenvalue weighted by Crippen LogP contribution is 2.17. The number of H-pyrrole nitrogens is 1.